The molecule has 1 aliphatic rings. The Morgan fingerprint density at radius 2 is 1.81 bits per heavy atom. The van der Waals surface area contributed by atoms with E-state index in [1.54, 1.807) is 12.1 Å². The van der Waals surface area contributed by atoms with E-state index in [4.69, 9.17) is 5.73 Å². The maximum absolute atomic E-state index is 13.9. The second kappa shape index (κ2) is 9.15. The Hall–Kier alpha value is -1.91. The van der Waals surface area contributed by atoms with Crippen molar-refractivity contribution in [2.24, 2.45) is 11.7 Å². The molecular formula is C21H26ClFN2O. The first-order valence-corrected chi connectivity index (χ1v) is 8.87. The van der Waals surface area contributed by atoms with Crippen LogP contribution in [0.1, 0.15) is 36.3 Å². The second-order valence-corrected chi connectivity index (χ2v) is 6.94. The van der Waals surface area contributed by atoms with Crippen molar-refractivity contribution in [2.75, 3.05) is 19.6 Å². The largest absolute Gasteiger partial charge is 0.342 e. The highest BCUT2D eigenvalue weighted by atomic mass is 35.5. The van der Waals surface area contributed by atoms with Crippen LogP contribution in [0.3, 0.4) is 0 Å². The molecular weight excluding hydrogens is 351 g/mol. The number of halogens is 2. The Morgan fingerprint density at radius 3 is 2.46 bits per heavy atom. The minimum atomic E-state index is -0.244. The maximum Gasteiger partial charge on any atom is 0.223 e. The Bertz CT molecular complexity index is 725. The number of rotatable bonds is 5. The number of nitrogens with two attached hydrogens (primary N) is 1. The molecule has 0 saturated carbocycles. The summed E-state index contributed by atoms with van der Waals surface area (Å²) in [5.74, 6) is 0.244. The van der Waals surface area contributed by atoms with E-state index in [2.05, 4.69) is 12.1 Å². The van der Waals surface area contributed by atoms with Crippen molar-refractivity contribution in [2.45, 2.75) is 25.2 Å². The van der Waals surface area contributed by atoms with Crippen LogP contribution in [0.2, 0.25) is 0 Å². The molecule has 2 aromatic carbocycles. The topological polar surface area (TPSA) is 46.3 Å². The highest BCUT2D eigenvalue weighted by Crippen LogP contribution is 2.33. The molecule has 0 spiro atoms. The first-order chi connectivity index (χ1) is 12.1. The summed E-state index contributed by atoms with van der Waals surface area (Å²) in [7, 11) is 0. The van der Waals surface area contributed by atoms with E-state index in [0.717, 1.165) is 0 Å². The van der Waals surface area contributed by atoms with Gasteiger partial charge in [-0.25, -0.2) is 4.39 Å². The molecule has 3 rings (SSSR count). The van der Waals surface area contributed by atoms with Gasteiger partial charge in [0.1, 0.15) is 5.82 Å². The normalized spacial score (nSPS) is 20.5. The third-order valence-corrected chi connectivity index (χ3v) is 5.24. The minimum Gasteiger partial charge on any atom is -0.342 e. The lowest BCUT2D eigenvalue weighted by Crippen LogP contribution is -2.30. The lowest BCUT2D eigenvalue weighted by molar-refractivity contribution is -0.130. The number of benzene rings is 2. The van der Waals surface area contributed by atoms with Gasteiger partial charge in [-0.2, -0.15) is 0 Å². The highest BCUT2D eigenvalue weighted by molar-refractivity contribution is 5.85. The van der Waals surface area contributed by atoms with E-state index in [-0.39, 0.29) is 41.9 Å². The predicted octanol–water partition coefficient (Wildman–Crippen LogP) is 3.94. The lowest BCUT2D eigenvalue weighted by Gasteiger charge is -2.20. The van der Waals surface area contributed by atoms with E-state index in [0.29, 0.717) is 31.6 Å². The van der Waals surface area contributed by atoms with Crippen LogP contribution in [0.4, 0.5) is 4.39 Å². The molecule has 140 valence electrons. The predicted molar refractivity (Wildman–Crippen MR) is 105 cm³/mol. The number of amides is 1. The number of hydrogen-bond acceptors (Lipinski definition) is 2. The van der Waals surface area contributed by atoms with Crippen molar-refractivity contribution < 1.29 is 9.18 Å². The molecule has 0 radical (unpaired) electrons. The molecule has 3 atom stereocenters. The lowest BCUT2D eigenvalue weighted by atomic mass is 9.89. The quantitative estimate of drug-likeness (QED) is 0.859. The molecule has 3 nitrogen and oxygen atoms in total. The number of nitrogens with zero attached hydrogens (tertiary/aromatic N) is 1. The summed E-state index contributed by atoms with van der Waals surface area (Å²) in [5, 5.41) is 0. The average molecular weight is 377 g/mol. The zero-order valence-electron chi connectivity index (χ0n) is 15.0. The van der Waals surface area contributed by atoms with Gasteiger partial charge in [-0.15, -0.1) is 12.4 Å². The summed E-state index contributed by atoms with van der Waals surface area (Å²) >= 11 is 0. The van der Waals surface area contributed by atoms with Crippen molar-refractivity contribution in [3.05, 3.63) is 71.5 Å². The molecule has 1 aliphatic heterocycles. The first kappa shape index (κ1) is 20.4. The third-order valence-electron chi connectivity index (χ3n) is 5.24. The van der Waals surface area contributed by atoms with Crippen LogP contribution in [-0.2, 0) is 4.79 Å². The molecule has 1 heterocycles. The number of carbonyl (C=O) groups excluding carboxylic acids is 1. The minimum absolute atomic E-state index is 0. The summed E-state index contributed by atoms with van der Waals surface area (Å²) in [6.45, 7) is 3.83. The van der Waals surface area contributed by atoms with Gasteiger partial charge in [0.05, 0.1) is 0 Å². The molecule has 26 heavy (non-hydrogen) atoms. The van der Waals surface area contributed by atoms with Crippen LogP contribution in [0, 0.1) is 11.7 Å². The SMILES string of the molecule is CC(CC(=O)N1C[C@@H](CN)[C@H](c2ccccc2)C1)c1ccccc1F.Cl. The molecule has 5 heteroatoms. The van der Waals surface area contributed by atoms with Crippen LogP contribution in [0.5, 0.6) is 0 Å². The van der Waals surface area contributed by atoms with Gasteiger partial charge in [0, 0.05) is 25.4 Å². The smallest absolute Gasteiger partial charge is 0.223 e. The summed E-state index contributed by atoms with van der Waals surface area (Å²) in [4.78, 5) is 14.6. The number of likely N-dealkylation sites (tertiary alicyclic amines) is 1. The van der Waals surface area contributed by atoms with Gasteiger partial charge in [0.15, 0.2) is 0 Å². The van der Waals surface area contributed by atoms with E-state index in [1.807, 2.05) is 36.1 Å². The molecule has 1 fully saturated rings. The molecule has 1 unspecified atom stereocenters. The zero-order valence-corrected chi connectivity index (χ0v) is 15.8. The van der Waals surface area contributed by atoms with Crippen LogP contribution in [0.15, 0.2) is 54.6 Å². The van der Waals surface area contributed by atoms with E-state index in [9.17, 15) is 9.18 Å². The van der Waals surface area contributed by atoms with Gasteiger partial charge in [0.2, 0.25) is 5.91 Å². The Labute approximate surface area is 160 Å². The molecule has 1 saturated heterocycles. The Morgan fingerprint density at radius 1 is 1.15 bits per heavy atom. The molecule has 1 amide bonds. The van der Waals surface area contributed by atoms with E-state index in [1.165, 1.54) is 11.6 Å². The fourth-order valence-electron chi connectivity index (χ4n) is 3.77. The highest BCUT2D eigenvalue weighted by Gasteiger charge is 2.35. The molecule has 2 aromatic rings. The van der Waals surface area contributed by atoms with Gasteiger partial charge in [-0.1, -0.05) is 55.5 Å². The van der Waals surface area contributed by atoms with Crippen molar-refractivity contribution in [3.8, 4) is 0 Å². The molecule has 0 bridgehead atoms. The summed E-state index contributed by atoms with van der Waals surface area (Å²) in [6, 6.07) is 16.9. The van der Waals surface area contributed by atoms with Crippen LogP contribution >= 0.6 is 12.4 Å². The standard InChI is InChI=1S/C21H25FN2O.ClH/c1-15(18-9-5-6-10-20(18)22)11-21(25)24-13-17(12-23)19(14-24)16-7-3-2-4-8-16;/h2-10,15,17,19H,11-14,23H2,1H3;1H/t15?,17-,19+;/m1./s1. The third kappa shape index (κ3) is 4.43. The van der Waals surface area contributed by atoms with E-state index < -0.39 is 0 Å². The molecule has 0 aliphatic carbocycles. The van der Waals surface area contributed by atoms with Gasteiger partial charge in [-0.05, 0) is 35.6 Å². The summed E-state index contributed by atoms with van der Waals surface area (Å²) < 4.78 is 13.9. The molecule has 0 aromatic heterocycles. The fraction of sp³-hybridized carbons (Fsp3) is 0.381. The van der Waals surface area contributed by atoms with Gasteiger partial charge < -0.3 is 10.6 Å². The second-order valence-electron chi connectivity index (χ2n) is 6.94. The van der Waals surface area contributed by atoms with Crippen molar-refractivity contribution >= 4 is 18.3 Å². The summed E-state index contributed by atoms with van der Waals surface area (Å²) in [6.07, 6.45) is 0.319. The van der Waals surface area contributed by atoms with Crippen molar-refractivity contribution in [3.63, 3.8) is 0 Å². The number of hydrogen-bond donors (Lipinski definition) is 1. The van der Waals surface area contributed by atoms with Gasteiger partial charge >= 0.3 is 0 Å². The monoisotopic (exact) mass is 376 g/mol. The Kier molecular flexibility index (Phi) is 7.18. The maximum atomic E-state index is 13.9. The zero-order chi connectivity index (χ0) is 17.8. The van der Waals surface area contributed by atoms with Crippen LogP contribution < -0.4 is 5.73 Å². The van der Waals surface area contributed by atoms with E-state index >= 15 is 0 Å². The van der Waals surface area contributed by atoms with Crippen LogP contribution in [0.25, 0.3) is 0 Å². The summed E-state index contributed by atoms with van der Waals surface area (Å²) in [5.41, 5.74) is 7.78. The Balaban J connectivity index is 0.00000243. The van der Waals surface area contributed by atoms with Gasteiger partial charge in [0.25, 0.3) is 0 Å². The van der Waals surface area contributed by atoms with Gasteiger partial charge in [-0.3, -0.25) is 4.79 Å². The fourth-order valence-corrected chi connectivity index (χ4v) is 3.77. The average Bonchev–Trinajstić information content (AvgIpc) is 3.07. The molecule has 2 N–H and O–H groups in total. The first-order valence-electron chi connectivity index (χ1n) is 8.87. The van der Waals surface area contributed by atoms with Crippen LogP contribution in [-0.4, -0.2) is 30.4 Å². The number of carbonyl (C=O) groups is 1. The van der Waals surface area contributed by atoms with Crippen molar-refractivity contribution in [1.82, 2.24) is 4.90 Å². The van der Waals surface area contributed by atoms with Crippen molar-refractivity contribution in [1.29, 1.82) is 0 Å².